The van der Waals surface area contributed by atoms with Gasteiger partial charge in [0.25, 0.3) is 0 Å². The zero-order valence-corrected chi connectivity index (χ0v) is 13.1. The van der Waals surface area contributed by atoms with Gasteiger partial charge in [-0.15, -0.1) is 0 Å². The average Bonchev–Trinajstić information content (AvgIpc) is 3.17. The van der Waals surface area contributed by atoms with Crippen molar-refractivity contribution in [1.82, 2.24) is 0 Å². The third kappa shape index (κ3) is 1.75. The first-order valence-corrected chi connectivity index (χ1v) is 7.76. The number of amides is 1. The Morgan fingerprint density at radius 2 is 2.09 bits per heavy atom. The number of hydrogen-bond donors (Lipinski definition) is 2. The van der Waals surface area contributed by atoms with Gasteiger partial charge in [0.2, 0.25) is 5.91 Å². The number of hydrogen-bond acceptors (Lipinski definition) is 2. The van der Waals surface area contributed by atoms with Gasteiger partial charge in [0.15, 0.2) is 0 Å². The van der Waals surface area contributed by atoms with Crippen molar-refractivity contribution >= 4 is 33.5 Å². The molecule has 1 heterocycles. The van der Waals surface area contributed by atoms with Crippen LogP contribution in [0.15, 0.2) is 46.9 Å². The Hall–Kier alpha value is -2.14. The molecule has 0 saturated heterocycles. The fraction of sp³-hybridized carbons (Fsp3) is 0.176. The van der Waals surface area contributed by atoms with Gasteiger partial charge in [-0.1, -0.05) is 28.1 Å². The molecule has 2 N–H and O–H groups in total. The fourth-order valence-corrected chi connectivity index (χ4v) is 3.87. The topological polar surface area (TPSA) is 66.4 Å². The molecule has 2 aliphatic rings. The summed E-state index contributed by atoms with van der Waals surface area (Å²) >= 11 is 3.45. The van der Waals surface area contributed by atoms with E-state index in [-0.39, 0.29) is 17.4 Å². The normalized spacial score (nSPS) is 25.0. The maximum absolute atomic E-state index is 12.5. The van der Waals surface area contributed by atoms with Gasteiger partial charge in [-0.3, -0.25) is 4.79 Å². The van der Waals surface area contributed by atoms with E-state index >= 15 is 0 Å². The second-order valence-electron chi connectivity index (χ2n) is 5.80. The molecule has 0 bridgehead atoms. The van der Waals surface area contributed by atoms with Crippen LogP contribution in [0.4, 0.5) is 5.69 Å². The molecular formula is C17H12BrNO3. The Bertz CT molecular complexity index is 832. The van der Waals surface area contributed by atoms with E-state index < -0.39 is 11.4 Å². The molecule has 2 atom stereocenters. The SMILES string of the molecule is O=C(O)c1ccc2c(c1)[C@@]1(C[C@H]1c1cccc(Br)c1)C(=O)N2. The van der Waals surface area contributed by atoms with E-state index in [1.54, 1.807) is 12.1 Å². The van der Waals surface area contributed by atoms with Crippen molar-refractivity contribution in [2.24, 2.45) is 0 Å². The number of benzene rings is 2. The number of nitrogens with one attached hydrogen (secondary N) is 1. The highest BCUT2D eigenvalue weighted by atomic mass is 79.9. The molecule has 0 aromatic heterocycles. The molecule has 110 valence electrons. The number of carboxylic acid groups (broad SMARTS) is 1. The molecule has 4 nitrogen and oxygen atoms in total. The summed E-state index contributed by atoms with van der Waals surface area (Å²) in [7, 11) is 0. The lowest BCUT2D eigenvalue weighted by Crippen LogP contribution is -2.21. The van der Waals surface area contributed by atoms with Crippen molar-refractivity contribution < 1.29 is 14.7 Å². The molecule has 1 saturated carbocycles. The van der Waals surface area contributed by atoms with Crippen molar-refractivity contribution in [3.8, 4) is 0 Å². The summed E-state index contributed by atoms with van der Waals surface area (Å²) in [6.45, 7) is 0. The Kier molecular flexibility index (Phi) is 2.72. The van der Waals surface area contributed by atoms with Crippen LogP contribution in [-0.4, -0.2) is 17.0 Å². The van der Waals surface area contributed by atoms with Crippen molar-refractivity contribution in [1.29, 1.82) is 0 Å². The summed E-state index contributed by atoms with van der Waals surface area (Å²) in [6, 6.07) is 12.8. The van der Waals surface area contributed by atoms with Crippen LogP contribution in [0.5, 0.6) is 0 Å². The number of aromatic carboxylic acids is 1. The Labute approximate surface area is 135 Å². The summed E-state index contributed by atoms with van der Waals surface area (Å²) in [5.41, 5.74) is 2.24. The van der Waals surface area contributed by atoms with Crippen LogP contribution in [0, 0.1) is 0 Å². The Morgan fingerprint density at radius 3 is 2.82 bits per heavy atom. The maximum atomic E-state index is 12.5. The smallest absolute Gasteiger partial charge is 0.335 e. The molecule has 1 aliphatic heterocycles. The molecule has 4 rings (SSSR count). The quantitative estimate of drug-likeness (QED) is 0.863. The molecule has 2 aromatic rings. The molecule has 1 amide bonds. The third-order valence-corrected chi connectivity index (χ3v) is 5.11. The van der Waals surface area contributed by atoms with Crippen LogP contribution >= 0.6 is 15.9 Å². The predicted molar refractivity (Wildman–Crippen MR) is 85.2 cm³/mol. The van der Waals surface area contributed by atoms with Crippen LogP contribution in [0.25, 0.3) is 0 Å². The second kappa shape index (κ2) is 4.43. The number of anilines is 1. The summed E-state index contributed by atoms with van der Waals surface area (Å²) < 4.78 is 0.977. The first-order valence-electron chi connectivity index (χ1n) is 6.97. The van der Waals surface area contributed by atoms with Gasteiger partial charge in [-0.05, 0) is 47.9 Å². The largest absolute Gasteiger partial charge is 0.478 e. The number of carbonyl (C=O) groups is 2. The van der Waals surface area contributed by atoms with Crippen molar-refractivity contribution in [3.63, 3.8) is 0 Å². The lowest BCUT2D eigenvalue weighted by molar-refractivity contribution is -0.118. The standard InChI is InChI=1S/C17H12BrNO3/c18-11-3-1-2-9(6-11)13-8-17(13)12-7-10(15(20)21)4-5-14(12)19-16(17)22/h1-7,13H,8H2,(H,19,22)(H,20,21)/t13-,17+/m0/s1. The fourth-order valence-electron chi connectivity index (χ4n) is 3.45. The van der Waals surface area contributed by atoms with Gasteiger partial charge in [0, 0.05) is 16.1 Å². The van der Waals surface area contributed by atoms with Crippen molar-refractivity contribution in [2.75, 3.05) is 5.32 Å². The van der Waals surface area contributed by atoms with Crippen LogP contribution < -0.4 is 5.32 Å². The highest BCUT2D eigenvalue weighted by Crippen LogP contribution is 2.65. The van der Waals surface area contributed by atoms with E-state index in [4.69, 9.17) is 0 Å². The number of halogens is 1. The monoisotopic (exact) mass is 357 g/mol. The first-order chi connectivity index (χ1) is 10.5. The minimum atomic E-state index is -0.975. The van der Waals surface area contributed by atoms with Crippen molar-refractivity contribution in [3.05, 3.63) is 63.6 Å². The summed E-state index contributed by atoms with van der Waals surface area (Å²) in [6.07, 6.45) is 0.714. The number of rotatable bonds is 2. The van der Waals surface area contributed by atoms with E-state index in [0.29, 0.717) is 6.42 Å². The third-order valence-electron chi connectivity index (χ3n) is 4.61. The van der Waals surface area contributed by atoms with Gasteiger partial charge in [0.05, 0.1) is 11.0 Å². The van der Waals surface area contributed by atoms with Gasteiger partial charge in [-0.25, -0.2) is 4.79 Å². The molecule has 2 aromatic carbocycles. The van der Waals surface area contributed by atoms with Gasteiger partial charge < -0.3 is 10.4 Å². The average molecular weight is 358 g/mol. The molecule has 22 heavy (non-hydrogen) atoms. The van der Waals surface area contributed by atoms with Gasteiger partial charge in [-0.2, -0.15) is 0 Å². The summed E-state index contributed by atoms with van der Waals surface area (Å²) in [5.74, 6) is -0.915. The van der Waals surface area contributed by atoms with E-state index in [9.17, 15) is 14.7 Å². The first kappa shape index (κ1) is 13.5. The molecule has 5 heteroatoms. The van der Waals surface area contributed by atoms with E-state index in [1.165, 1.54) is 6.07 Å². The number of fused-ring (bicyclic) bond motifs is 2. The molecule has 0 unspecified atom stereocenters. The van der Waals surface area contributed by atoms with E-state index in [2.05, 4.69) is 21.2 Å². The van der Waals surface area contributed by atoms with E-state index in [0.717, 1.165) is 21.3 Å². The van der Waals surface area contributed by atoms with Crippen molar-refractivity contribution in [2.45, 2.75) is 17.8 Å². The highest BCUT2D eigenvalue weighted by Gasteiger charge is 2.65. The minimum Gasteiger partial charge on any atom is -0.478 e. The van der Waals surface area contributed by atoms with E-state index in [1.807, 2.05) is 24.3 Å². The highest BCUT2D eigenvalue weighted by molar-refractivity contribution is 9.10. The minimum absolute atomic E-state index is 0.0324. The molecular weight excluding hydrogens is 346 g/mol. The second-order valence-corrected chi connectivity index (χ2v) is 6.72. The number of carboxylic acids is 1. The van der Waals surface area contributed by atoms with Gasteiger partial charge in [0.1, 0.15) is 0 Å². The van der Waals surface area contributed by atoms with Gasteiger partial charge >= 0.3 is 5.97 Å². The predicted octanol–water partition coefficient (Wildman–Crippen LogP) is 3.52. The number of carbonyl (C=O) groups excluding carboxylic acids is 1. The molecule has 1 spiro atoms. The molecule has 1 fully saturated rings. The Balaban J connectivity index is 1.81. The molecule has 0 radical (unpaired) electrons. The lowest BCUT2D eigenvalue weighted by atomic mass is 9.91. The molecule has 1 aliphatic carbocycles. The lowest BCUT2D eigenvalue weighted by Gasteiger charge is -2.09. The van der Waals surface area contributed by atoms with Crippen LogP contribution in [0.1, 0.15) is 33.8 Å². The zero-order valence-electron chi connectivity index (χ0n) is 11.5. The van der Waals surface area contributed by atoms with Crippen LogP contribution in [-0.2, 0) is 10.2 Å². The summed E-state index contributed by atoms with van der Waals surface area (Å²) in [4.78, 5) is 23.7. The van der Waals surface area contributed by atoms with Crippen LogP contribution in [0.3, 0.4) is 0 Å². The summed E-state index contributed by atoms with van der Waals surface area (Å²) in [5, 5.41) is 12.1. The Morgan fingerprint density at radius 1 is 1.27 bits per heavy atom. The maximum Gasteiger partial charge on any atom is 0.335 e. The van der Waals surface area contributed by atoms with Crippen LogP contribution in [0.2, 0.25) is 0 Å². The zero-order chi connectivity index (χ0) is 15.5.